The van der Waals surface area contributed by atoms with Gasteiger partial charge in [0.1, 0.15) is 12.4 Å². The van der Waals surface area contributed by atoms with E-state index in [0.717, 1.165) is 6.42 Å². The molecule has 0 saturated heterocycles. The highest BCUT2D eigenvalue weighted by Gasteiger charge is 2.17. The third-order valence-electron chi connectivity index (χ3n) is 2.07. The van der Waals surface area contributed by atoms with E-state index in [1.807, 2.05) is 13.8 Å². The highest BCUT2D eigenvalue weighted by atomic mass is 32.2. The number of hydrogen-bond acceptors (Lipinski definition) is 4. The van der Waals surface area contributed by atoms with Gasteiger partial charge in [-0.3, -0.25) is 0 Å². The molecule has 2 N–H and O–H groups in total. The van der Waals surface area contributed by atoms with Crippen LogP contribution in [0.1, 0.15) is 26.0 Å². The van der Waals surface area contributed by atoms with Gasteiger partial charge in [0.2, 0.25) is 5.09 Å². The van der Waals surface area contributed by atoms with Crippen LogP contribution in [0.25, 0.3) is 0 Å². The summed E-state index contributed by atoms with van der Waals surface area (Å²) in [6.07, 6.45) is 0.771. The molecule has 0 fully saturated rings. The summed E-state index contributed by atoms with van der Waals surface area (Å²) in [5, 5.41) is 8.60. The summed E-state index contributed by atoms with van der Waals surface area (Å²) in [5.41, 5.74) is 0. The van der Waals surface area contributed by atoms with Crippen LogP contribution in [0.2, 0.25) is 0 Å². The predicted octanol–water partition coefficient (Wildman–Crippen LogP) is 1.10. The van der Waals surface area contributed by atoms with Gasteiger partial charge in [-0.25, -0.2) is 13.1 Å². The monoisotopic (exact) mass is 247 g/mol. The van der Waals surface area contributed by atoms with Crippen LogP contribution in [0.15, 0.2) is 21.6 Å². The standard InChI is InChI=1S/C10H17NO4S/c1-8(2)5-6-11-16(13,14)10-4-3-9(7-12)15-10/h3-4,8,11-12H,5-7H2,1-2H3. The Labute approximate surface area is 95.5 Å². The van der Waals surface area contributed by atoms with Crippen LogP contribution >= 0.6 is 0 Å². The number of furan rings is 1. The molecule has 0 aromatic carbocycles. The van der Waals surface area contributed by atoms with Crippen molar-refractivity contribution in [3.63, 3.8) is 0 Å². The molecule has 5 nitrogen and oxygen atoms in total. The van der Waals surface area contributed by atoms with Gasteiger partial charge in [0.25, 0.3) is 10.0 Å². The van der Waals surface area contributed by atoms with Gasteiger partial charge >= 0.3 is 0 Å². The number of aliphatic hydroxyl groups is 1. The molecule has 0 unspecified atom stereocenters. The van der Waals surface area contributed by atoms with Gasteiger partial charge in [-0.1, -0.05) is 13.8 Å². The van der Waals surface area contributed by atoms with Crippen molar-refractivity contribution in [2.24, 2.45) is 5.92 Å². The molecule has 92 valence electrons. The Morgan fingerprint density at radius 2 is 2.12 bits per heavy atom. The maximum atomic E-state index is 11.7. The zero-order chi connectivity index (χ0) is 12.2. The lowest BCUT2D eigenvalue weighted by atomic mass is 10.1. The average molecular weight is 247 g/mol. The van der Waals surface area contributed by atoms with E-state index >= 15 is 0 Å². The fourth-order valence-corrected chi connectivity index (χ4v) is 2.13. The molecule has 0 bridgehead atoms. The quantitative estimate of drug-likeness (QED) is 0.788. The van der Waals surface area contributed by atoms with Crippen LogP contribution in [0.4, 0.5) is 0 Å². The largest absolute Gasteiger partial charge is 0.446 e. The van der Waals surface area contributed by atoms with Crippen molar-refractivity contribution in [1.82, 2.24) is 4.72 Å². The van der Waals surface area contributed by atoms with Gasteiger partial charge in [-0.15, -0.1) is 0 Å². The van der Waals surface area contributed by atoms with Crippen LogP contribution in [0, 0.1) is 5.92 Å². The highest BCUT2D eigenvalue weighted by Crippen LogP contribution is 2.13. The Bertz CT molecular complexity index is 422. The minimum absolute atomic E-state index is 0.152. The molecule has 16 heavy (non-hydrogen) atoms. The minimum atomic E-state index is -3.57. The Balaban J connectivity index is 2.63. The molecule has 1 aromatic rings. The lowest BCUT2D eigenvalue weighted by molar-refractivity contribution is 0.236. The molecule has 1 heterocycles. The molecule has 0 atom stereocenters. The van der Waals surface area contributed by atoms with Crippen LogP contribution in [-0.2, 0) is 16.6 Å². The molecule has 0 radical (unpaired) electrons. The number of aliphatic hydroxyl groups excluding tert-OH is 1. The molecule has 0 amide bonds. The maximum Gasteiger partial charge on any atom is 0.273 e. The van der Waals surface area contributed by atoms with E-state index in [0.29, 0.717) is 12.5 Å². The first-order valence-corrected chi connectivity index (χ1v) is 6.63. The lowest BCUT2D eigenvalue weighted by Gasteiger charge is -2.05. The van der Waals surface area contributed by atoms with E-state index in [4.69, 9.17) is 9.52 Å². The number of nitrogens with one attached hydrogen (secondary N) is 1. The van der Waals surface area contributed by atoms with E-state index < -0.39 is 10.0 Å². The zero-order valence-corrected chi connectivity index (χ0v) is 10.3. The summed E-state index contributed by atoms with van der Waals surface area (Å²) in [6.45, 7) is 4.12. The molecule has 0 aliphatic heterocycles. The predicted molar refractivity (Wildman–Crippen MR) is 59.3 cm³/mol. The number of rotatable bonds is 6. The number of sulfonamides is 1. The van der Waals surface area contributed by atoms with Gasteiger partial charge < -0.3 is 9.52 Å². The molecule has 6 heteroatoms. The topological polar surface area (TPSA) is 79.5 Å². The molecule has 0 aliphatic carbocycles. The Hall–Kier alpha value is -0.850. The van der Waals surface area contributed by atoms with Gasteiger partial charge in [-0.2, -0.15) is 0 Å². The van der Waals surface area contributed by atoms with Crippen molar-refractivity contribution < 1.29 is 17.9 Å². The fourth-order valence-electron chi connectivity index (χ4n) is 1.14. The maximum absolute atomic E-state index is 11.7. The molecular weight excluding hydrogens is 230 g/mol. The van der Waals surface area contributed by atoms with Gasteiger partial charge in [-0.05, 0) is 24.5 Å². The van der Waals surface area contributed by atoms with E-state index in [9.17, 15) is 8.42 Å². The Morgan fingerprint density at radius 1 is 1.44 bits per heavy atom. The highest BCUT2D eigenvalue weighted by molar-refractivity contribution is 7.89. The summed E-state index contributed by atoms with van der Waals surface area (Å²) < 4.78 is 30.7. The van der Waals surface area contributed by atoms with Crippen molar-refractivity contribution in [1.29, 1.82) is 0 Å². The van der Waals surface area contributed by atoms with Gasteiger partial charge in [0.05, 0.1) is 0 Å². The van der Waals surface area contributed by atoms with Crippen LogP contribution in [-0.4, -0.2) is 20.1 Å². The van der Waals surface area contributed by atoms with E-state index in [1.54, 1.807) is 0 Å². The first-order chi connectivity index (χ1) is 7.45. The lowest BCUT2D eigenvalue weighted by Crippen LogP contribution is -2.25. The molecule has 0 spiro atoms. The summed E-state index contributed by atoms with van der Waals surface area (Å²) in [4.78, 5) is 0. The van der Waals surface area contributed by atoms with Crippen molar-refractivity contribution in [3.8, 4) is 0 Å². The fraction of sp³-hybridized carbons (Fsp3) is 0.600. The second-order valence-corrected chi connectivity index (χ2v) is 5.66. The third kappa shape index (κ3) is 3.62. The first kappa shape index (κ1) is 13.2. The summed E-state index contributed by atoms with van der Waals surface area (Å²) in [6, 6.07) is 2.78. The molecular formula is C10H17NO4S. The van der Waals surface area contributed by atoms with Gasteiger partial charge in [0.15, 0.2) is 0 Å². The molecule has 0 saturated carbocycles. The second-order valence-electron chi connectivity index (χ2n) is 3.96. The van der Waals surface area contributed by atoms with Crippen LogP contribution in [0.5, 0.6) is 0 Å². The van der Waals surface area contributed by atoms with E-state index in [2.05, 4.69) is 4.72 Å². The Kier molecular flexibility index (Phi) is 4.52. The SMILES string of the molecule is CC(C)CCNS(=O)(=O)c1ccc(CO)o1. The number of hydrogen-bond donors (Lipinski definition) is 2. The molecule has 1 aromatic heterocycles. The van der Waals surface area contributed by atoms with Crippen molar-refractivity contribution in [2.45, 2.75) is 32.0 Å². The molecule has 0 aliphatic rings. The van der Waals surface area contributed by atoms with Crippen molar-refractivity contribution in [3.05, 3.63) is 17.9 Å². The Morgan fingerprint density at radius 3 is 2.62 bits per heavy atom. The normalized spacial score (nSPS) is 12.2. The van der Waals surface area contributed by atoms with Crippen molar-refractivity contribution >= 4 is 10.0 Å². The zero-order valence-electron chi connectivity index (χ0n) is 9.43. The molecule has 1 rings (SSSR count). The summed E-state index contributed by atoms with van der Waals surface area (Å²) >= 11 is 0. The van der Waals surface area contributed by atoms with Crippen LogP contribution < -0.4 is 4.72 Å². The first-order valence-electron chi connectivity index (χ1n) is 5.15. The van der Waals surface area contributed by atoms with E-state index in [-0.39, 0.29) is 17.5 Å². The summed E-state index contributed by atoms with van der Waals surface area (Å²) in [7, 11) is -3.57. The van der Waals surface area contributed by atoms with E-state index in [1.165, 1.54) is 12.1 Å². The minimum Gasteiger partial charge on any atom is -0.446 e. The average Bonchev–Trinajstić information content (AvgIpc) is 2.65. The summed E-state index contributed by atoms with van der Waals surface area (Å²) in [5.74, 6) is 0.677. The third-order valence-corrected chi connectivity index (χ3v) is 3.40. The smallest absolute Gasteiger partial charge is 0.273 e. The van der Waals surface area contributed by atoms with Crippen molar-refractivity contribution in [2.75, 3.05) is 6.54 Å². The van der Waals surface area contributed by atoms with Crippen LogP contribution in [0.3, 0.4) is 0 Å². The second kappa shape index (κ2) is 5.47. The van der Waals surface area contributed by atoms with Gasteiger partial charge in [0, 0.05) is 6.54 Å².